The maximum Gasteiger partial charge on any atom is 0.335 e. The number of rotatable bonds is 8. The average molecular weight is 539 g/mol. The maximum atomic E-state index is 13.2. The second-order valence-electron chi connectivity index (χ2n) is 8.68. The number of hydrogen-bond acceptors (Lipinski definition) is 5. The Bertz CT molecular complexity index is 1530. The minimum atomic E-state index is -0.816. The molecule has 4 aromatic rings. The zero-order valence-electron chi connectivity index (χ0n) is 20.7. The average Bonchev–Trinajstić information content (AvgIpc) is 2.95. The Kier molecular flexibility index (Phi) is 7.70. The van der Waals surface area contributed by atoms with Crippen LogP contribution in [0.15, 0.2) is 109 Å². The van der Waals surface area contributed by atoms with Crippen LogP contribution >= 0.6 is 11.6 Å². The van der Waals surface area contributed by atoms with Crippen molar-refractivity contribution < 1.29 is 23.9 Å². The minimum absolute atomic E-state index is 0.163. The van der Waals surface area contributed by atoms with E-state index in [-0.39, 0.29) is 5.57 Å². The Morgan fingerprint density at radius 2 is 1.33 bits per heavy atom. The molecule has 7 nitrogen and oxygen atoms in total. The van der Waals surface area contributed by atoms with Gasteiger partial charge in [-0.05, 0) is 59.7 Å². The van der Waals surface area contributed by atoms with Gasteiger partial charge in [0.05, 0.1) is 5.69 Å². The van der Waals surface area contributed by atoms with Gasteiger partial charge in [0.1, 0.15) is 30.3 Å². The van der Waals surface area contributed by atoms with Crippen LogP contribution in [0.3, 0.4) is 0 Å². The second-order valence-corrected chi connectivity index (χ2v) is 9.08. The van der Waals surface area contributed by atoms with Crippen molar-refractivity contribution >= 4 is 41.2 Å². The van der Waals surface area contributed by atoms with Crippen LogP contribution in [-0.4, -0.2) is 17.8 Å². The van der Waals surface area contributed by atoms with Crippen molar-refractivity contribution in [2.45, 2.75) is 13.2 Å². The highest BCUT2D eigenvalue weighted by Gasteiger charge is 2.36. The number of carbonyl (C=O) groups excluding carboxylic acids is 3. The van der Waals surface area contributed by atoms with E-state index in [2.05, 4.69) is 5.32 Å². The maximum absolute atomic E-state index is 13.2. The molecular weight excluding hydrogens is 516 g/mol. The van der Waals surface area contributed by atoms with Gasteiger partial charge in [0.25, 0.3) is 11.8 Å². The molecule has 1 heterocycles. The number of barbiturate groups is 1. The SMILES string of the molecule is O=C1NC(=O)N(c2ccc(OCc3ccccc3)cc2)C(=O)/C1=C/c1ccc(OCc2ccccc2Cl)cc1. The molecule has 0 aliphatic carbocycles. The van der Waals surface area contributed by atoms with Crippen LogP contribution in [0.1, 0.15) is 16.7 Å². The number of ether oxygens (including phenoxy) is 2. The second kappa shape index (κ2) is 11.7. The molecule has 4 aromatic carbocycles. The standard InChI is InChI=1S/C31H23ClN2O5/c32-28-9-5-4-8-23(28)20-39-25-14-10-21(11-15-25)18-27-29(35)33-31(37)34(30(27)36)24-12-16-26(17-13-24)38-19-22-6-2-1-3-7-22/h1-18H,19-20H2,(H,33,35,37)/b27-18+. The molecule has 1 fully saturated rings. The third-order valence-electron chi connectivity index (χ3n) is 5.99. The van der Waals surface area contributed by atoms with Gasteiger partial charge in [0.2, 0.25) is 0 Å². The minimum Gasteiger partial charge on any atom is -0.489 e. The summed E-state index contributed by atoms with van der Waals surface area (Å²) < 4.78 is 11.6. The van der Waals surface area contributed by atoms with E-state index >= 15 is 0 Å². The first kappa shape index (κ1) is 25.8. The Labute approximate surface area is 230 Å². The highest BCUT2D eigenvalue weighted by Crippen LogP contribution is 2.25. The fourth-order valence-electron chi connectivity index (χ4n) is 3.93. The lowest BCUT2D eigenvalue weighted by molar-refractivity contribution is -0.122. The highest BCUT2D eigenvalue weighted by atomic mass is 35.5. The number of hydrogen-bond donors (Lipinski definition) is 1. The molecule has 0 spiro atoms. The third-order valence-corrected chi connectivity index (χ3v) is 6.36. The molecule has 0 saturated carbocycles. The van der Waals surface area contributed by atoms with E-state index in [0.29, 0.717) is 41.0 Å². The van der Waals surface area contributed by atoms with E-state index in [0.717, 1.165) is 16.0 Å². The summed E-state index contributed by atoms with van der Waals surface area (Å²) in [5, 5.41) is 2.86. The highest BCUT2D eigenvalue weighted by molar-refractivity contribution is 6.39. The van der Waals surface area contributed by atoms with Gasteiger partial charge in [-0.15, -0.1) is 0 Å². The molecule has 8 heteroatoms. The summed E-state index contributed by atoms with van der Waals surface area (Å²) in [6, 6.07) is 29.7. The summed E-state index contributed by atoms with van der Waals surface area (Å²) >= 11 is 6.17. The normalized spacial score (nSPS) is 14.3. The van der Waals surface area contributed by atoms with Gasteiger partial charge in [-0.1, -0.05) is 72.3 Å². The quantitative estimate of drug-likeness (QED) is 0.214. The smallest absolute Gasteiger partial charge is 0.335 e. The van der Waals surface area contributed by atoms with Crippen LogP contribution < -0.4 is 19.7 Å². The number of amides is 4. The number of nitrogens with zero attached hydrogens (tertiary/aromatic N) is 1. The Morgan fingerprint density at radius 3 is 2.03 bits per heavy atom. The van der Waals surface area contributed by atoms with E-state index in [1.165, 1.54) is 6.08 Å². The summed E-state index contributed by atoms with van der Waals surface area (Å²) in [6.07, 6.45) is 1.44. The zero-order valence-corrected chi connectivity index (χ0v) is 21.4. The summed E-state index contributed by atoms with van der Waals surface area (Å²) in [5.41, 5.74) is 2.61. The molecule has 1 aliphatic rings. The van der Waals surface area contributed by atoms with Gasteiger partial charge >= 0.3 is 6.03 Å². The molecule has 0 unspecified atom stereocenters. The fraction of sp³-hybridized carbons (Fsp3) is 0.0645. The number of carbonyl (C=O) groups is 3. The number of anilines is 1. The Hall–Kier alpha value is -4.88. The summed E-state index contributed by atoms with van der Waals surface area (Å²) in [4.78, 5) is 39.2. The topological polar surface area (TPSA) is 84.9 Å². The molecule has 0 bridgehead atoms. The van der Waals surface area contributed by atoms with Gasteiger partial charge in [-0.3, -0.25) is 14.9 Å². The predicted molar refractivity (Wildman–Crippen MR) is 148 cm³/mol. The number of imide groups is 2. The van der Waals surface area contributed by atoms with Gasteiger partial charge < -0.3 is 9.47 Å². The number of urea groups is 1. The van der Waals surface area contributed by atoms with Crippen LogP contribution in [0.2, 0.25) is 5.02 Å². The van der Waals surface area contributed by atoms with Crippen LogP contribution in [0.4, 0.5) is 10.5 Å². The number of benzene rings is 4. The van der Waals surface area contributed by atoms with Crippen LogP contribution in [-0.2, 0) is 22.8 Å². The van der Waals surface area contributed by atoms with Crippen LogP contribution in [0.5, 0.6) is 11.5 Å². The summed E-state index contributed by atoms with van der Waals surface area (Å²) in [7, 11) is 0. The fourth-order valence-corrected chi connectivity index (χ4v) is 4.12. The van der Waals surface area contributed by atoms with Crippen LogP contribution in [0, 0.1) is 0 Å². The van der Waals surface area contributed by atoms with E-state index < -0.39 is 17.8 Å². The lowest BCUT2D eigenvalue weighted by atomic mass is 10.1. The lowest BCUT2D eigenvalue weighted by Crippen LogP contribution is -2.54. The summed E-state index contributed by atoms with van der Waals surface area (Å²) in [5.74, 6) is -0.303. The van der Waals surface area contributed by atoms with Crippen molar-refractivity contribution in [2.75, 3.05) is 4.90 Å². The van der Waals surface area contributed by atoms with Crippen molar-refractivity contribution in [1.29, 1.82) is 0 Å². The van der Waals surface area contributed by atoms with Crippen molar-refractivity contribution in [3.63, 3.8) is 0 Å². The third kappa shape index (κ3) is 6.17. The van der Waals surface area contributed by atoms with Crippen molar-refractivity contribution in [1.82, 2.24) is 5.32 Å². The largest absolute Gasteiger partial charge is 0.489 e. The monoisotopic (exact) mass is 538 g/mol. The molecule has 194 valence electrons. The molecule has 1 aliphatic heterocycles. The van der Waals surface area contributed by atoms with Gasteiger partial charge in [0.15, 0.2) is 0 Å². The Balaban J connectivity index is 1.27. The molecule has 0 radical (unpaired) electrons. The van der Waals surface area contributed by atoms with Crippen LogP contribution in [0.25, 0.3) is 6.08 Å². The lowest BCUT2D eigenvalue weighted by Gasteiger charge is -2.26. The van der Waals surface area contributed by atoms with E-state index in [1.54, 1.807) is 54.6 Å². The van der Waals surface area contributed by atoms with E-state index in [9.17, 15) is 14.4 Å². The van der Waals surface area contributed by atoms with Gasteiger partial charge in [-0.25, -0.2) is 9.69 Å². The molecule has 0 aromatic heterocycles. The molecular formula is C31H23ClN2O5. The van der Waals surface area contributed by atoms with Gasteiger partial charge in [0, 0.05) is 10.6 Å². The molecule has 5 rings (SSSR count). The summed E-state index contributed by atoms with van der Waals surface area (Å²) in [6.45, 7) is 0.683. The van der Waals surface area contributed by atoms with Gasteiger partial charge in [-0.2, -0.15) is 0 Å². The first-order valence-corrected chi connectivity index (χ1v) is 12.5. The molecule has 39 heavy (non-hydrogen) atoms. The Morgan fingerprint density at radius 1 is 0.718 bits per heavy atom. The van der Waals surface area contributed by atoms with Crippen molar-refractivity contribution in [3.05, 3.63) is 130 Å². The van der Waals surface area contributed by atoms with E-state index in [1.807, 2.05) is 48.5 Å². The molecule has 4 amide bonds. The van der Waals surface area contributed by atoms with E-state index in [4.69, 9.17) is 21.1 Å². The molecule has 1 saturated heterocycles. The molecule has 0 atom stereocenters. The predicted octanol–water partition coefficient (Wildman–Crippen LogP) is 6.16. The first-order chi connectivity index (χ1) is 19.0. The first-order valence-electron chi connectivity index (χ1n) is 12.1. The van der Waals surface area contributed by atoms with Crippen molar-refractivity contribution in [3.8, 4) is 11.5 Å². The zero-order chi connectivity index (χ0) is 27.2. The number of nitrogens with one attached hydrogen (secondary N) is 1. The number of halogens is 1. The molecule has 1 N–H and O–H groups in total. The van der Waals surface area contributed by atoms with Crippen molar-refractivity contribution in [2.24, 2.45) is 0 Å².